The summed E-state index contributed by atoms with van der Waals surface area (Å²) in [5.41, 5.74) is 1.68. The lowest BCUT2D eigenvalue weighted by Crippen LogP contribution is -2.46. The summed E-state index contributed by atoms with van der Waals surface area (Å²) in [5, 5.41) is 0. The average molecular weight is 386 g/mol. The van der Waals surface area contributed by atoms with Gasteiger partial charge in [-0.3, -0.25) is 4.79 Å². The van der Waals surface area contributed by atoms with E-state index in [2.05, 4.69) is 32.4 Å². The quantitative estimate of drug-likeness (QED) is 0.519. The maximum atomic E-state index is 12.7. The summed E-state index contributed by atoms with van der Waals surface area (Å²) < 4.78 is 11.4. The van der Waals surface area contributed by atoms with Gasteiger partial charge in [-0.1, -0.05) is 19.1 Å². The van der Waals surface area contributed by atoms with Crippen molar-refractivity contribution in [2.45, 2.75) is 70.9 Å². The SMILES string of the molecule is C=C1CCC[C@]2(C)C[C@H]3OC(=O)[C@H](CN(C)[C@H](C)CCc4ccco4)[C@H]3C[C@H]12. The molecule has 6 atom stereocenters. The Labute approximate surface area is 169 Å². The van der Waals surface area contributed by atoms with Crippen LogP contribution in [0.15, 0.2) is 35.0 Å². The van der Waals surface area contributed by atoms with Gasteiger partial charge in [0.05, 0.1) is 12.2 Å². The molecule has 3 aliphatic rings. The lowest BCUT2D eigenvalue weighted by Gasteiger charge is -2.50. The van der Waals surface area contributed by atoms with E-state index in [4.69, 9.17) is 9.15 Å². The lowest BCUT2D eigenvalue weighted by molar-refractivity contribution is -0.146. The van der Waals surface area contributed by atoms with Crippen LogP contribution in [-0.2, 0) is 16.0 Å². The monoisotopic (exact) mass is 385 g/mol. The van der Waals surface area contributed by atoms with Gasteiger partial charge in [0.25, 0.3) is 0 Å². The van der Waals surface area contributed by atoms with Crippen LogP contribution in [0.1, 0.15) is 58.1 Å². The Hall–Kier alpha value is -1.55. The Bertz CT molecular complexity index is 711. The van der Waals surface area contributed by atoms with Crippen molar-refractivity contribution in [3.05, 3.63) is 36.3 Å². The first-order chi connectivity index (χ1) is 13.4. The number of fused-ring (bicyclic) bond motifs is 2. The van der Waals surface area contributed by atoms with Gasteiger partial charge < -0.3 is 14.1 Å². The van der Waals surface area contributed by atoms with Crippen molar-refractivity contribution in [1.82, 2.24) is 4.90 Å². The third-order valence-electron chi connectivity index (χ3n) is 7.95. The van der Waals surface area contributed by atoms with E-state index < -0.39 is 0 Å². The van der Waals surface area contributed by atoms with Crippen molar-refractivity contribution in [3.8, 4) is 0 Å². The van der Waals surface area contributed by atoms with Crippen LogP contribution >= 0.6 is 0 Å². The number of aryl methyl sites for hydroxylation is 1. The fourth-order valence-electron chi connectivity index (χ4n) is 5.98. The molecule has 1 aromatic rings. The molecule has 28 heavy (non-hydrogen) atoms. The summed E-state index contributed by atoms with van der Waals surface area (Å²) in [4.78, 5) is 15.1. The average Bonchev–Trinajstić information content (AvgIpc) is 3.26. The molecular formula is C24H35NO3. The highest BCUT2D eigenvalue weighted by Gasteiger charge is 2.55. The summed E-state index contributed by atoms with van der Waals surface area (Å²) in [7, 11) is 2.14. The molecule has 2 heterocycles. The molecule has 0 radical (unpaired) electrons. The van der Waals surface area contributed by atoms with Crippen LogP contribution in [0.3, 0.4) is 0 Å². The summed E-state index contributed by atoms with van der Waals surface area (Å²) in [6, 6.07) is 4.37. The van der Waals surface area contributed by atoms with Crippen LogP contribution in [-0.4, -0.2) is 36.6 Å². The lowest BCUT2D eigenvalue weighted by atomic mass is 9.55. The van der Waals surface area contributed by atoms with E-state index in [1.54, 1.807) is 6.26 Å². The smallest absolute Gasteiger partial charge is 0.310 e. The number of hydrogen-bond acceptors (Lipinski definition) is 4. The number of hydrogen-bond donors (Lipinski definition) is 0. The third kappa shape index (κ3) is 3.68. The van der Waals surface area contributed by atoms with Crippen LogP contribution in [0, 0.1) is 23.2 Å². The van der Waals surface area contributed by atoms with Crippen LogP contribution in [0.25, 0.3) is 0 Å². The number of rotatable bonds is 6. The molecule has 2 saturated carbocycles. The summed E-state index contributed by atoms with van der Waals surface area (Å²) in [5.74, 6) is 1.96. The molecule has 0 aromatic carbocycles. The Kier molecular flexibility index (Phi) is 5.43. The molecule has 1 saturated heterocycles. The number of furan rings is 1. The highest BCUT2D eigenvalue weighted by atomic mass is 16.6. The van der Waals surface area contributed by atoms with Gasteiger partial charge in [-0.2, -0.15) is 0 Å². The molecule has 4 nitrogen and oxygen atoms in total. The Morgan fingerprint density at radius 2 is 2.25 bits per heavy atom. The van der Waals surface area contributed by atoms with Crippen molar-refractivity contribution < 1.29 is 13.9 Å². The van der Waals surface area contributed by atoms with E-state index >= 15 is 0 Å². The highest BCUT2D eigenvalue weighted by molar-refractivity contribution is 5.75. The van der Waals surface area contributed by atoms with Crippen molar-refractivity contribution in [2.24, 2.45) is 23.2 Å². The molecule has 1 aliphatic heterocycles. The first kappa shape index (κ1) is 19.8. The fourth-order valence-corrected chi connectivity index (χ4v) is 5.98. The second kappa shape index (κ2) is 7.70. The van der Waals surface area contributed by atoms with Gasteiger partial charge in [0.15, 0.2) is 0 Å². The molecule has 0 N–H and O–H groups in total. The largest absolute Gasteiger partial charge is 0.469 e. The van der Waals surface area contributed by atoms with Crippen LogP contribution < -0.4 is 0 Å². The van der Waals surface area contributed by atoms with E-state index in [1.165, 1.54) is 18.4 Å². The second-order valence-corrected chi connectivity index (χ2v) is 9.81. The van der Waals surface area contributed by atoms with Gasteiger partial charge in [-0.15, -0.1) is 0 Å². The fraction of sp³-hybridized carbons (Fsp3) is 0.708. The number of carbonyl (C=O) groups excluding carboxylic acids is 1. The first-order valence-corrected chi connectivity index (χ1v) is 11.0. The van der Waals surface area contributed by atoms with E-state index in [0.29, 0.717) is 17.9 Å². The number of ether oxygens (including phenoxy) is 1. The van der Waals surface area contributed by atoms with Crippen molar-refractivity contribution in [3.63, 3.8) is 0 Å². The molecule has 154 valence electrons. The predicted molar refractivity (Wildman–Crippen MR) is 110 cm³/mol. The van der Waals surface area contributed by atoms with Crippen molar-refractivity contribution in [2.75, 3.05) is 13.6 Å². The standard InChI is InChI=1S/C24H35NO3/c1-16-7-5-11-24(3)14-22-19(13-21(16)24)20(23(26)28-22)15-25(4)17(2)9-10-18-8-6-12-27-18/h6,8,12,17,19-22H,1,5,7,9-11,13-15H2,2-4H3/t17-,19-,20-,21-,22-,24-/m1/s1. The van der Waals surface area contributed by atoms with E-state index in [0.717, 1.165) is 44.4 Å². The van der Waals surface area contributed by atoms with Crippen LogP contribution in [0.4, 0.5) is 0 Å². The highest BCUT2D eigenvalue weighted by Crippen LogP contribution is 2.56. The summed E-state index contributed by atoms with van der Waals surface area (Å²) in [6.07, 6.45) is 9.51. The van der Waals surface area contributed by atoms with Gasteiger partial charge in [0.1, 0.15) is 11.9 Å². The Morgan fingerprint density at radius 1 is 1.43 bits per heavy atom. The zero-order chi connectivity index (χ0) is 19.9. The third-order valence-corrected chi connectivity index (χ3v) is 7.95. The molecule has 2 aliphatic carbocycles. The Balaban J connectivity index is 1.39. The van der Waals surface area contributed by atoms with Gasteiger partial charge in [0.2, 0.25) is 0 Å². The minimum atomic E-state index is 0.000314. The molecule has 0 amide bonds. The normalized spacial score (nSPS) is 36.1. The van der Waals surface area contributed by atoms with Gasteiger partial charge in [0, 0.05) is 24.9 Å². The number of allylic oxidation sites excluding steroid dienone is 1. The summed E-state index contributed by atoms with van der Waals surface area (Å²) >= 11 is 0. The Morgan fingerprint density at radius 3 is 3.00 bits per heavy atom. The van der Waals surface area contributed by atoms with Gasteiger partial charge >= 0.3 is 5.97 Å². The molecule has 4 rings (SSSR count). The predicted octanol–water partition coefficient (Wildman–Crippen LogP) is 4.85. The van der Waals surface area contributed by atoms with E-state index in [-0.39, 0.29) is 23.4 Å². The van der Waals surface area contributed by atoms with Crippen LogP contribution in [0.5, 0.6) is 0 Å². The molecule has 0 unspecified atom stereocenters. The van der Waals surface area contributed by atoms with Gasteiger partial charge in [-0.05, 0) is 76.0 Å². The molecular weight excluding hydrogens is 350 g/mol. The number of carbonyl (C=O) groups is 1. The first-order valence-electron chi connectivity index (χ1n) is 11.0. The maximum Gasteiger partial charge on any atom is 0.310 e. The van der Waals surface area contributed by atoms with Gasteiger partial charge in [-0.25, -0.2) is 0 Å². The molecule has 0 bridgehead atoms. The molecule has 1 aromatic heterocycles. The number of esters is 1. The molecule has 0 spiro atoms. The molecule has 3 fully saturated rings. The summed E-state index contributed by atoms with van der Waals surface area (Å²) in [6.45, 7) is 9.81. The topological polar surface area (TPSA) is 42.7 Å². The van der Waals surface area contributed by atoms with Crippen LogP contribution in [0.2, 0.25) is 0 Å². The minimum Gasteiger partial charge on any atom is -0.469 e. The molecule has 4 heteroatoms. The maximum absolute atomic E-state index is 12.7. The second-order valence-electron chi connectivity index (χ2n) is 9.81. The minimum absolute atomic E-state index is 0.000314. The van der Waals surface area contributed by atoms with E-state index in [9.17, 15) is 4.79 Å². The van der Waals surface area contributed by atoms with Crippen molar-refractivity contribution >= 4 is 5.97 Å². The van der Waals surface area contributed by atoms with E-state index in [1.807, 2.05) is 12.1 Å². The van der Waals surface area contributed by atoms with Crippen molar-refractivity contribution in [1.29, 1.82) is 0 Å². The zero-order valence-corrected chi connectivity index (χ0v) is 17.7. The zero-order valence-electron chi connectivity index (χ0n) is 17.7. The number of nitrogens with zero attached hydrogens (tertiary/aromatic N) is 1.